The molecular formula is H7AlSnTiV. The van der Waals surface area contributed by atoms with Gasteiger partial charge in [-0.2, -0.15) is 0 Å². The SMILES string of the molecule is [AlH3].[SnH4].[Ti].[V]. The Balaban J connectivity index is 0. The van der Waals surface area contributed by atoms with Gasteiger partial charge in [0.2, 0.25) is 0 Å². The van der Waals surface area contributed by atoms with Gasteiger partial charge in [-0.25, -0.2) is 0 Å². The van der Waals surface area contributed by atoms with Crippen molar-refractivity contribution in [2.75, 3.05) is 0 Å². The van der Waals surface area contributed by atoms with Gasteiger partial charge in [0, 0.05) is 40.3 Å². The molecule has 0 aliphatic heterocycles. The summed E-state index contributed by atoms with van der Waals surface area (Å²) in [4.78, 5) is 0. The first kappa shape index (κ1) is 30.4. The van der Waals surface area contributed by atoms with Gasteiger partial charge in [0.25, 0.3) is 0 Å². The summed E-state index contributed by atoms with van der Waals surface area (Å²) in [6, 6.07) is 0. The van der Waals surface area contributed by atoms with Crippen LogP contribution in [0.4, 0.5) is 0 Å². The van der Waals surface area contributed by atoms with E-state index in [1.807, 2.05) is 0 Å². The summed E-state index contributed by atoms with van der Waals surface area (Å²) in [5.74, 6) is 0. The van der Waals surface area contributed by atoms with E-state index in [-0.39, 0.29) is 81.5 Å². The summed E-state index contributed by atoms with van der Waals surface area (Å²) in [6.07, 6.45) is 0. The summed E-state index contributed by atoms with van der Waals surface area (Å²) in [5.41, 5.74) is 0. The van der Waals surface area contributed by atoms with Crippen LogP contribution >= 0.6 is 0 Å². The van der Waals surface area contributed by atoms with Crippen LogP contribution in [0.15, 0.2) is 0 Å². The zero-order chi connectivity index (χ0) is 0. The Morgan fingerprint density at radius 1 is 1.00 bits per heavy atom. The van der Waals surface area contributed by atoms with Gasteiger partial charge in [0.05, 0.1) is 0 Å². The molecule has 0 heterocycles. The van der Waals surface area contributed by atoms with E-state index in [2.05, 4.69) is 0 Å². The molecule has 1 radical (unpaired) electrons. The van der Waals surface area contributed by atoms with Crippen molar-refractivity contribution >= 4 is 41.3 Å². The quantitative estimate of drug-likeness (QED) is 0.413. The average molecular weight is 252 g/mol. The molecule has 0 bridgehead atoms. The van der Waals surface area contributed by atoms with E-state index in [1.165, 1.54) is 0 Å². The average Bonchev–Trinajstić information content (AvgIpc) is 0. The minimum Gasteiger partial charge on any atom is 0 e. The van der Waals surface area contributed by atoms with Crippen LogP contribution in [0, 0.1) is 0 Å². The molecule has 0 aromatic heterocycles. The summed E-state index contributed by atoms with van der Waals surface area (Å²) in [5, 5.41) is 0. The fourth-order valence-corrected chi connectivity index (χ4v) is 0. The first-order valence-electron chi connectivity index (χ1n) is 0. The Bertz CT molecular complexity index is 8.00. The summed E-state index contributed by atoms with van der Waals surface area (Å²) in [7, 11) is 0. The maximum absolute atomic E-state index is 0. The van der Waals surface area contributed by atoms with Crippen LogP contribution in [-0.4, -0.2) is 41.3 Å². The molecule has 0 nitrogen and oxygen atoms in total. The fraction of sp³-hybridized carbons (Fsp3) is 0. The third-order valence-electron chi connectivity index (χ3n) is 0. The second kappa shape index (κ2) is 17.4. The molecule has 4 heavy (non-hydrogen) atoms. The maximum atomic E-state index is 0. The van der Waals surface area contributed by atoms with Gasteiger partial charge in [-0.1, -0.05) is 0 Å². The maximum Gasteiger partial charge on any atom is 0 e. The normalized spacial score (nSPS) is 0. The predicted octanol–water partition coefficient (Wildman–Crippen LogP) is -2.64. The van der Waals surface area contributed by atoms with Gasteiger partial charge >= 0.3 is 23.9 Å². The van der Waals surface area contributed by atoms with Gasteiger partial charge in [0.15, 0.2) is 17.4 Å². The summed E-state index contributed by atoms with van der Waals surface area (Å²) < 4.78 is 0. The van der Waals surface area contributed by atoms with E-state index in [1.54, 1.807) is 0 Å². The molecule has 0 unspecified atom stereocenters. The van der Waals surface area contributed by atoms with Gasteiger partial charge in [-0.3, -0.25) is 0 Å². The molecule has 0 aliphatic carbocycles. The van der Waals surface area contributed by atoms with Crippen LogP contribution in [0.2, 0.25) is 0 Å². The molecule has 4 heteroatoms. The first-order chi connectivity index (χ1) is 0. The largest absolute Gasteiger partial charge is 0 e. The molecule has 0 aromatic rings. The number of hydrogen-bond acceptors (Lipinski definition) is 0. The zero-order valence-corrected chi connectivity index (χ0v) is 3.91. The topological polar surface area (TPSA) is 0 Å². The molecule has 0 fully saturated rings. The van der Waals surface area contributed by atoms with Crippen LogP contribution in [-0.2, 0) is 40.3 Å². The summed E-state index contributed by atoms with van der Waals surface area (Å²) >= 11 is 0. The predicted molar refractivity (Wildman–Crippen MR) is 21.3 cm³/mol. The Hall–Kier alpha value is 2.63. The third-order valence-corrected chi connectivity index (χ3v) is 0. The van der Waals surface area contributed by atoms with E-state index in [0.29, 0.717) is 0 Å². The molecule has 0 saturated carbocycles. The number of rotatable bonds is 0. The molecule has 0 N–H and O–H groups in total. The smallest absolute Gasteiger partial charge is 0 e. The van der Waals surface area contributed by atoms with Crippen molar-refractivity contribution in [3.05, 3.63) is 0 Å². The van der Waals surface area contributed by atoms with Crippen LogP contribution < -0.4 is 0 Å². The van der Waals surface area contributed by atoms with E-state index >= 15 is 0 Å². The van der Waals surface area contributed by atoms with Crippen molar-refractivity contribution in [1.29, 1.82) is 0 Å². The second-order valence-corrected chi connectivity index (χ2v) is 0. The molecule has 0 saturated heterocycles. The van der Waals surface area contributed by atoms with Crippen LogP contribution in [0.25, 0.3) is 0 Å². The Morgan fingerprint density at radius 2 is 1.00 bits per heavy atom. The third kappa shape index (κ3) is 8.82. The standard InChI is InChI=1S/Al.Sn.Ti.V.7H. The van der Waals surface area contributed by atoms with E-state index in [4.69, 9.17) is 0 Å². The molecule has 0 spiro atoms. The van der Waals surface area contributed by atoms with Crippen molar-refractivity contribution in [2.24, 2.45) is 0 Å². The monoisotopic (exact) mass is 253 g/mol. The van der Waals surface area contributed by atoms with Crippen molar-refractivity contribution in [3.63, 3.8) is 0 Å². The van der Waals surface area contributed by atoms with Gasteiger partial charge in [0.1, 0.15) is 0 Å². The molecule has 0 amide bonds. The summed E-state index contributed by atoms with van der Waals surface area (Å²) in [6.45, 7) is 0. The van der Waals surface area contributed by atoms with Crippen molar-refractivity contribution in [2.45, 2.75) is 0 Å². The Morgan fingerprint density at radius 3 is 1.00 bits per heavy atom. The van der Waals surface area contributed by atoms with Crippen molar-refractivity contribution in [3.8, 4) is 0 Å². The van der Waals surface area contributed by atoms with E-state index in [9.17, 15) is 0 Å². The molecule has 23 valence electrons. The second-order valence-electron chi connectivity index (χ2n) is 0. The molecule has 0 rings (SSSR count). The first-order valence-corrected chi connectivity index (χ1v) is 0. The van der Waals surface area contributed by atoms with Crippen molar-refractivity contribution < 1.29 is 40.3 Å². The molecule has 0 atom stereocenters. The van der Waals surface area contributed by atoms with Crippen LogP contribution in [0.5, 0.6) is 0 Å². The van der Waals surface area contributed by atoms with Crippen LogP contribution in [0.3, 0.4) is 0 Å². The van der Waals surface area contributed by atoms with Gasteiger partial charge in [-0.05, 0) is 0 Å². The van der Waals surface area contributed by atoms with Crippen LogP contribution in [0.1, 0.15) is 0 Å². The Kier molecular flexibility index (Phi) is 133. The molecular weight excluding hydrogens is 245 g/mol. The van der Waals surface area contributed by atoms with E-state index in [0.717, 1.165) is 0 Å². The zero-order valence-electron chi connectivity index (χ0n) is 0.947. The minimum atomic E-state index is 0. The fourth-order valence-electron chi connectivity index (χ4n) is 0. The van der Waals surface area contributed by atoms with Gasteiger partial charge < -0.3 is 0 Å². The van der Waals surface area contributed by atoms with E-state index < -0.39 is 0 Å². The van der Waals surface area contributed by atoms with Gasteiger partial charge in [-0.15, -0.1) is 0 Å². The molecule has 0 aliphatic rings. The van der Waals surface area contributed by atoms with Crippen molar-refractivity contribution in [1.82, 2.24) is 0 Å². The number of hydrogen-bond donors (Lipinski definition) is 0. The minimum absolute atomic E-state index is 0. The Labute approximate surface area is 80.3 Å². The molecule has 0 aromatic carbocycles.